The van der Waals surface area contributed by atoms with Gasteiger partial charge in [-0.1, -0.05) is 78.4 Å². The zero-order valence-electron chi connectivity index (χ0n) is 11.1. The number of rotatable bonds is 4. The van der Waals surface area contributed by atoms with Crippen molar-refractivity contribution in [3.63, 3.8) is 0 Å². The van der Waals surface area contributed by atoms with Crippen LogP contribution in [0.5, 0.6) is 0 Å². The van der Waals surface area contributed by atoms with E-state index in [0.717, 1.165) is 16.7 Å². The van der Waals surface area contributed by atoms with Crippen molar-refractivity contribution in [1.82, 2.24) is 0 Å². The van der Waals surface area contributed by atoms with Gasteiger partial charge >= 0.3 is 0 Å². The lowest BCUT2D eigenvalue weighted by atomic mass is 10.0. The highest BCUT2D eigenvalue weighted by atomic mass is 16.3. The van der Waals surface area contributed by atoms with Gasteiger partial charge in [-0.2, -0.15) is 0 Å². The number of hydrogen-bond acceptors (Lipinski definition) is 1. The third-order valence-electron chi connectivity index (χ3n) is 2.95. The highest BCUT2D eigenvalue weighted by Crippen LogP contribution is 2.14. The molecule has 2 rings (SSSR count). The molecule has 0 heterocycles. The van der Waals surface area contributed by atoms with Gasteiger partial charge in [0.05, 0.1) is 6.61 Å². The molecule has 19 heavy (non-hydrogen) atoms. The molecule has 0 fully saturated rings. The molecule has 0 saturated heterocycles. The summed E-state index contributed by atoms with van der Waals surface area (Å²) in [6.07, 6.45) is 6.27. The van der Waals surface area contributed by atoms with E-state index >= 15 is 0 Å². The summed E-state index contributed by atoms with van der Waals surface area (Å²) >= 11 is 0. The molecule has 0 aromatic heterocycles. The van der Waals surface area contributed by atoms with Crippen molar-refractivity contribution in [3.05, 3.63) is 82.9 Å². The fourth-order valence-electron chi connectivity index (χ4n) is 1.90. The van der Waals surface area contributed by atoms with E-state index in [4.69, 9.17) is 0 Å². The Morgan fingerprint density at radius 1 is 1.00 bits per heavy atom. The Kier molecular flexibility index (Phi) is 4.71. The van der Waals surface area contributed by atoms with Gasteiger partial charge in [-0.05, 0) is 23.6 Å². The lowest BCUT2D eigenvalue weighted by molar-refractivity contribution is 0.281. The van der Waals surface area contributed by atoms with Crippen molar-refractivity contribution in [3.8, 4) is 0 Å². The first-order chi connectivity index (χ1) is 9.29. The zero-order chi connectivity index (χ0) is 13.5. The number of allylic oxidation sites excluding steroid dienone is 2. The summed E-state index contributed by atoms with van der Waals surface area (Å²) < 4.78 is 0. The predicted molar refractivity (Wildman–Crippen MR) is 81.5 cm³/mol. The maximum absolute atomic E-state index is 9.29. The second-order valence-electron chi connectivity index (χ2n) is 4.49. The van der Waals surface area contributed by atoms with Gasteiger partial charge in [0, 0.05) is 0 Å². The molecule has 0 aliphatic rings. The van der Waals surface area contributed by atoms with Crippen LogP contribution >= 0.6 is 0 Å². The average molecular weight is 250 g/mol. The third kappa shape index (κ3) is 3.94. The van der Waals surface area contributed by atoms with Crippen LogP contribution < -0.4 is 0 Å². The molecule has 0 unspecified atom stereocenters. The molecule has 0 spiro atoms. The van der Waals surface area contributed by atoms with Crippen molar-refractivity contribution in [2.45, 2.75) is 13.5 Å². The van der Waals surface area contributed by atoms with Crippen LogP contribution in [-0.4, -0.2) is 5.11 Å². The Morgan fingerprint density at radius 3 is 2.42 bits per heavy atom. The molecule has 0 aliphatic heterocycles. The SMILES string of the molecule is CC(/C=C/c1ccccc1)=C\c1ccccc1CO. The van der Waals surface area contributed by atoms with Crippen LogP contribution in [0.4, 0.5) is 0 Å². The van der Waals surface area contributed by atoms with Crippen molar-refractivity contribution in [1.29, 1.82) is 0 Å². The summed E-state index contributed by atoms with van der Waals surface area (Å²) in [5.74, 6) is 0. The molecule has 1 nitrogen and oxygen atoms in total. The first kappa shape index (κ1) is 13.3. The van der Waals surface area contributed by atoms with Gasteiger partial charge in [0.1, 0.15) is 0 Å². The second-order valence-corrected chi connectivity index (χ2v) is 4.49. The summed E-state index contributed by atoms with van der Waals surface area (Å²) in [7, 11) is 0. The van der Waals surface area contributed by atoms with Gasteiger partial charge in [-0.15, -0.1) is 0 Å². The molecular weight excluding hydrogens is 232 g/mol. The van der Waals surface area contributed by atoms with E-state index in [2.05, 4.69) is 37.3 Å². The quantitative estimate of drug-likeness (QED) is 0.802. The maximum atomic E-state index is 9.29. The molecule has 0 saturated carbocycles. The topological polar surface area (TPSA) is 20.2 Å². The standard InChI is InChI=1S/C18H18O/c1-15(11-12-16-7-3-2-4-8-16)13-17-9-5-6-10-18(17)14-19/h2-13,19H,14H2,1H3/b12-11+,15-13+. The highest BCUT2D eigenvalue weighted by Gasteiger charge is 1.96. The zero-order valence-corrected chi connectivity index (χ0v) is 11.1. The van der Waals surface area contributed by atoms with Crippen LogP contribution in [0.3, 0.4) is 0 Å². The summed E-state index contributed by atoms with van der Waals surface area (Å²) in [6.45, 7) is 2.13. The van der Waals surface area contributed by atoms with Gasteiger partial charge in [-0.25, -0.2) is 0 Å². The first-order valence-corrected chi connectivity index (χ1v) is 6.40. The first-order valence-electron chi connectivity index (χ1n) is 6.40. The molecule has 0 atom stereocenters. The molecule has 96 valence electrons. The van der Waals surface area contributed by atoms with Crippen LogP contribution in [0.2, 0.25) is 0 Å². The van der Waals surface area contributed by atoms with Crippen LogP contribution in [-0.2, 0) is 6.61 Å². The number of aliphatic hydroxyl groups is 1. The van der Waals surface area contributed by atoms with E-state index in [1.54, 1.807) is 0 Å². The molecule has 0 amide bonds. The third-order valence-corrected chi connectivity index (χ3v) is 2.95. The van der Waals surface area contributed by atoms with Crippen LogP contribution in [0.25, 0.3) is 12.2 Å². The lowest BCUT2D eigenvalue weighted by Gasteiger charge is -2.02. The minimum absolute atomic E-state index is 0.0718. The lowest BCUT2D eigenvalue weighted by Crippen LogP contribution is -1.87. The number of benzene rings is 2. The van der Waals surface area contributed by atoms with Crippen molar-refractivity contribution in [2.24, 2.45) is 0 Å². The molecule has 1 N–H and O–H groups in total. The minimum atomic E-state index is 0.0718. The summed E-state index contributed by atoms with van der Waals surface area (Å²) in [5, 5.41) is 9.29. The van der Waals surface area contributed by atoms with Crippen molar-refractivity contribution in [2.75, 3.05) is 0 Å². The Morgan fingerprint density at radius 2 is 1.68 bits per heavy atom. The Hall–Kier alpha value is -2.12. The Labute approximate surface area is 114 Å². The molecule has 0 radical (unpaired) electrons. The van der Waals surface area contributed by atoms with Crippen LogP contribution in [0, 0.1) is 0 Å². The predicted octanol–water partition coefficient (Wildman–Crippen LogP) is 4.30. The van der Waals surface area contributed by atoms with Gasteiger partial charge in [0.25, 0.3) is 0 Å². The normalized spacial score (nSPS) is 12.0. The van der Waals surface area contributed by atoms with E-state index in [1.165, 1.54) is 5.56 Å². The van der Waals surface area contributed by atoms with Gasteiger partial charge < -0.3 is 5.11 Å². The van der Waals surface area contributed by atoms with Crippen LogP contribution in [0.1, 0.15) is 23.6 Å². The molecule has 2 aromatic rings. The largest absolute Gasteiger partial charge is 0.392 e. The van der Waals surface area contributed by atoms with Gasteiger partial charge in [0.2, 0.25) is 0 Å². The minimum Gasteiger partial charge on any atom is -0.392 e. The number of hydrogen-bond donors (Lipinski definition) is 1. The highest BCUT2D eigenvalue weighted by molar-refractivity contribution is 5.62. The van der Waals surface area contributed by atoms with Gasteiger partial charge in [0.15, 0.2) is 0 Å². The molecule has 0 bridgehead atoms. The van der Waals surface area contributed by atoms with E-state index in [-0.39, 0.29) is 6.61 Å². The maximum Gasteiger partial charge on any atom is 0.0687 e. The summed E-state index contributed by atoms with van der Waals surface area (Å²) in [4.78, 5) is 0. The average Bonchev–Trinajstić information content (AvgIpc) is 2.47. The Bertz CT molecular complexity index is 580. The molecule has 1 heteroatoms. The smallest absolute Gasteiger partial charge is 0.0687 e. The summed E-state index contributed by atoms with van der Waals surface area (Å²) in [5.41, 5.74) is 4.37. The van der Waals surface area contributed by atoms with Crippen molar-refractivity contribution >= 4 is 12.2 Å². The molecule has 0 aliphatic carbocycles. The summed E-state index contributed by atoms with van der Waals surface area (Å²) in [6, 6.07) is 18.1. The molecule has 2 aromatic carbocycles. The molecular formula is C18H18O. The fraction of sp³-hybridized carbons (Fsp3) is 0.111. The van der Waals surface area contributed by atoms with Crippen molar-refractivity contribution < 1.29 is 5.11 Å². The van der Waals surface area contributed by atoms with Crippen LogP contribution in [0.15, 0.2) is 66.2 Å². The fourth-order valence-corrected chi connectivity index (χ4v) is 1.90. The van der Waals surface area contributed by atoms with Gasteiger partial charge in [-0.3, -0.25) is 0 Å². The second kappa shape index (κ2) is 6.72. The van der Waals surface area contributed by atoms with E-state index < -0.39 is 0 Å². The van der Waals surface area contributed by atoms with E-state index in [0.29, 0.717) is 0 Å². The number of aliphatic hydroxyl groups excluding tert-OH is 1. The monoisotopic (exact) mass is 250 g/mol. The Balaban J connectivity index is 2.17. The van der Waals surface area contributed by atoms with E-state index in [9.17, 15) is 5.11 Å². The van der Waals surface area contributed by atoms with E-state index in [1.807, 2.05) is 42.5 Å².